The van der Waals surface area contributed by atoms with Crippen molar-refractivity contribution in [2.45, 2.75) is 6.92 Å². The number of ether oxygens (including phenoxy) is 1. The number of carbonyl (C=O) groups is 1. The van der Waals surface area contributed by atoms with Crippen molar-refractivity contribution in [2.24, 2.45) is 0 Å². The number of benzene rings is 1. The Balaban J connectivity index is 2.55. The van der Waals surface area contributed by atoms with Gasteiger partial charge in [-0.1, -0.05) is 24.3 Å². The van der Waals surface area contributed by atoms with E-state index in [1.54, 1.807) is 6.07 Å². The summed E-state index contributed by atoms with van der Waals surface area (Å²) in [7, 11) is 0. The van der Waals surface area contributed by atoms with E-state index in [0.717, 1.165) is 5.52 Å². The van der Waals surface area contributed by atoms with Crippen LogP contribution in [0.5, 0.6) is 5.75 Å². The SMILES string of the molecule is CC=CCOc1c(C(=O)O)cnc2ccccc12. The Labute approximate surface area is 105 Å². The number of rotatable bonds is 4. The highest BCUT2D eigenvalue weighted by Gasteiger charge is 2.15. The molecular weight excluding hydrogens is 230 g/mol. The Morgan fingerprint density at radius 1 is 1.44 bits per heavy atom. The van der Waals surface area contributed by atoms with Gasteiger partial charge in [0.25, 0.3) is 0 Å². The molecule has 18 heavy (non-hydrogen) atoms. The summed E-state index contributed by atoms with van der Waals surface area (Å²) >= 11 is 0. The lowest BCUT2D eigenvalue weighted by molar-refractivity contribution is 0.0692. The van der Waals surface area contributed by atoms with Crippen molar-refractivity contribution in [2.75, 3.05) is 6.61 Å². The molecule has 0 aliphatic heterocycles. The maximum atomic E-state index is 11.2. The second kappa shape index (κ2) is 5.31. The van der Waals surface area contributed by atoms with Crippen LogP contribution in [0.1, 0.15) is 17.3 Å². The number of aromatic nitrogens is 1. The van der Waals surface area contributed by atoms with Crippen LogP contribution in [0.3, 0.4) is 0 Å². The van der Waals surface area contributed by atoms with Crippen molar-refractivity contribution in [3.63, 3.8) is 0 Å². The van der Waals surface area contributed by atoms with Crippen molar-refractivity contribution < 1.29 is 14.6 Å². The van der Waals surface area contributed by atoms with Crippen LogP contribution in [0, 0.1) is 0 Å². The topological polar surface area (TPSA) is 59.4 Å². The predicted molar refractivity (Wildman–Crippen MR) is 69.0 cm³/mol. The molecule has 0 spiro atoms. The maximum absolute atomic E-state index is 11.2. The molecule has 0 saturated heterocycles. The molecule has 1 aromatic carbocycles. The normalized spacial score (nSPS) is 10.9. The summed E-state index contributed by atoms with van der Waals surface area (Å²) in [5, 5.41) is 9.85. The van der Waals surface area contributed by atoms with Gasteiger partial charge >= 0.3 is 5.97 Å². The Hall–Kier alpha value is -2.36. The fourth-order valence-electron chi connectivity index (χ4n) is 1.65. The number of hydrogen-bond acceptors (Lipinski definition) is 3. The summed E-state index contributed by atoms with van der Waals surface area (Å²) in [5.41, 5.74) is 0.802. The summed E-state index contributed by atoms with van der Waals surface area (Å²) in [6, 6.07) is 7.31. The van der Waals surface area contributed by atoms with Crippen LogP contribution in [0.15, 0.2) is 42.6 Å². The smallest absolute Gasteiger partial charge is 0.341 e. The van der Waals surface area contributed by atoms with Crippen LogP contribution in [0.25, 0.3) is 10.9 Å². The average molecular weight is 243 g/mol. The van der Waals surface area contributed by atoms with E-state index in [9.17, 15) is 4.79 Å². The molecule has 4 heteroatoms. The van der Waals surface area contributed by atoms with Crippen molar-refractivity contribution in [1.82, 2.24) is 4.98 Å². The third-order valence-electron chi connectivity index (χ3n) is 2.52. The minimum atomic E-state index is -1.04. The molecule has 0 radical (unpaired) electrons. The van der Waals surface area contributed by atoms with E-state index in [4.69, 9.17) is 9.84 Å². The van der Waals surface area contributed by atoms with Crippen LogP contribution in [0.2, 0.25) is 0 Å². The highest BCUT2D eigenvalue weighted by molar-refractivity contribution is 5.98. The summed E-state index contributed by atoms with van der Waals surface area (Å²) in [4.78, 5) is 15.3. The van der Waals surface area contributed by atoms with Gasteiger partial charge in [0.05, 0.1) is 5.52 Å². The Morgan fingerprint density at radius 3 is 2.94 bits per heavy atom. The average Bonchev–Trinajstić information content (AvgIpc) is 2.38. The van der Waals surface area contributed by atoms with E-state index in [1.807, 2.05) is 37.3 Å². The maximum Gasteiger partial charge on any atom is 0.341 e. The zero-order chi connectivity index (χ0) is 13.0. The first-order valence-corrected chi connectivity index (χ1v) is 5.59. The van der Waals surface area contributed by atoms with Crippen molar-refractivity contribution in [3.8, 4) is 5.75 Å². The van der Waals surface area contributed by atoms with Crippen LogP contribution in [0.4, 0.5) is 0 Å². The van der Waals surface area contributed by atoms with Gasteiger partial charge in [-0.25, -0.2) is 4.79 Å². The standard InChI is InChI=1S/C14H13NO3/c1-2-3-8-18-13-10-6-4-5-7-12(10)15-9-11(13)14(16)17/h2-7,9H,8H2,1H3,(H,16,17). The molecule has 1 heterocycles. The number of para-hydroxylation sites is 1. The first kappa shape index (κ1) is 12.1. The Morgan fingerprint density at radius 2 is 2.22 bits per heavy atom. The minimum Gasteiger partial charge on any atom is -0.488 e. The third kappa shape index (κ3) is 2.32. The van der Waals surface area contributed by atoms with Crippen molar-refractivity contribution in [3.05, 3.63) is 48.2 Å². The van der Waals surface area contributed by atoms with E-state index in [2.05, 4.69) is 4.98 Å². The highest BCUT2D eigenvalue weighted by Crippen LogP contribution is 2.28. The van der Waals surface area contributed by atoms with Gasteiger partial charge in [0.2, 0.25) is 0 Å². The minimum absolute atomic E-state index is 0.0817. The van der Waals surface area contributed by atoms with Gasteiger partial charge in [-0.05, 0) is 19.1 Å². The number of pyridine rings is 1. The lowest BCUT2D eigenvalue weighted by Crippen LogP contribution is -2.05. The number of aromatic carboxylic acids is 1. The molecule has 0 amide bonds. The fourth-order valence-corrected chi connectivity index (χ4v) is 1.65. The molecule has 0 unspecified atom stereocenters. The van der Waals surface area contributed by atoms with Gasteiger partial charge in [-0.2, -0.15) is 0 Å². The number of fused-ring (bicyclic) bond motifs is 1. The molecule has 0 saturated carbocycles. The molecule has 92 valence electrons. The Kier molecular flexibility index (Phi) is 3.57. The number of hydrogen-bond donors (Lipinski definition) is 1. The second-order valence-electron chi connectivity index (χ2n) is 3.70. The predicted octanol–water partition coefficient (Wildman–Crippen LogP) is 2.89. The fraction of sp³-hybridized carbons (Fsp3) is 0.143. The molecule has 1 aromatic heterocycles. The lowest BCUT2D eigenvalue weighted by Gasteiger charge is -2.10. The molecule has 2 aromatic rings. The first-order valence-electron chi connectivity index (χ1n) is 5.59. The Bertz CT molecular complexity index is 605. The highest BCUT2D eigenvalue weighted by atomic mass is 16.5. The summed E-state index contributed by atoms with van der Waals surface area (Å²) in [6.07, 6.45) is 5.00. The molecule has 0 fully saturated rings. The molecule has 0 bridgehead atoms. The van der Waals surface area contributed by atoms with Crippen LogP contribution >= 0.6 is 0 Å². The second-order valence-corrected chi connectivity index (χ2v) is 3.70. The lowest BCUT2D eigenvalue weighted by atomic mass is 10.1. The van der Waals surface area contributed by atoms with Crippen molar-refractivity contribution in [1.29, 1.82) is 0 Å². The number of nitrogens with zero attached hydrogens (tertiary/aromatic N) is 1. The zero-order valence-corrected chi connectivity index (χ0v) is 9.96. The molecule has 0 aliphatic rings. The first-order chi connectivity index (χ1) is 8.74. The van der Waals surface area contributed by atoms with Crippen LogP contribution < -0.4 is 4.74 Å². The van der Waals surface area contributed by atoms with Gasteiger partial charge in [-0.3, -0.25) is 4.98 Å². The van der Waals surface area contributed by atoms with Crippen LogP contribution in [-0.2, 0) is 0 Å². The molecule has 0 atom stereocenters. The quantitative estimate of drug-likeness (QED) is 0.839. The van der Waals surface area contributed by atoms with Gasteiger partial charge < -0.3 is 9.84 Å². The van der Waals surface area contributed by atoms with E-state index in [-0.39, 0.29) is 5.56 Å². The zero-order valence-electron chi connectivity index (χ0n) is 9.96. The van der Waals surface area contributed by atoms with E-state index >= 15 is 0 Å². The monoisotopic (exact) mass is 243 g/mol. The molecule has 0 aliphatic carbocycles. The molecule has 1 N–H and O–H groups in total. The largest absolute Gasteiger partial charge is 0.488 e. The van der Waals surface area contributed by atoms with Crippen molar-refractivity contribution >= 4 is 16.9 Å². The summed E-state index contributed by atoms with van der Waals surface area (Å²) < 4.78 is 5.54. The van der Waals surface area contributed by atoms with Gasteiger partial charge in [0.15, 0.2) is 0 Å². The van der Waals surface area contributed by atoms with E-state index in [1.165, 1.54) is 6.20 Å². The molecule has 4 nitrogen and oxygen atoms in total. The van der Waals surface area contributed by atoms with E-state index in [0.29, 0.717) is 17.7 Å². The molecule has 2 rings (SSSR count). The van der Waals surface area contributed by atoms with Gasteiger partial charge in [-0.15, -0.1) is 0 Å². The van der Waals surface area contributed by atoms with Gasteiger partial charge in [0, 0.05) is 11.6 Å². The summed E-state index contributed by atoms with van der Waals surface area (Å²) in [6.45, 7) is 2.22. The van der Waals surface area contributed by atoms with Crippen LogP contribution in [-0.4, -0.2) is 22.7 Å². The number of carboxylic acid groups (broad SMARTS) is 1. The number of carboxylic acids is 1. The summed E-state index contributed by atoms with van der Waals surface area (Å²) in [5.74, 6) is -0.671. The molecular formula is C14H13NO3. The third-order valence-corrected chi connectivity index (χ3v) is 2.52. The van der Waals surface area contributed by atoms with Gasteiger partial charge in [0.1, 0.15) is 17.9 Å². The van der Waals surface area contributed by atoms with E-state index < -0.39 is 5.97 Å². The number of allylic oxidation sites excluding steroid dienone is 1.